The van der Waals surface area contributed by atoms with E-state index in [1.807, 2.05) is 0 Å². The van der Waals surface area contributed by atoms with Crippen molar-refractivity contribution in [3.63, 3.8) is 0 Å². The SMILES string of the molecule is CCCCCCCCCCCC(C)n1ccnc1C(CCC)CCCCCCCCCC. The zero-order valence-electron chi connectivity index (χ0n) is 22.6. The van der Waals surface area contributed by atoms with Crippen LogP contribution in [0.1, 0.15) is 180 Å². The summed E-state index contributed by atoms with van der Waals surface area (Å²) < 4.78 is 2.52. The van der Waals surface area contributed by atoms with Gasteiger partial charge in [-0.15, -0.1) is 0 Å². The molecule has 1 aromatic rings. The number of rotatable bonds is 23. The molecule has 1 rings (SSSR count). The van der Waals surface area contributed by atoms with Crippen molar-refractivity contribution >= 4 is 0 Å². The summed E-state index contributed by atoms with van der Waals surface area (Å²) in [6.07, 6.45) is 33.5. The fourth-order valence-electron chi connectivity index (χ4n) is 5.18. The first-order chi connectivity index (χ1) is 15.7. The highest BCUT2D eigenvalue weighted by Gasteiger charge is 2.18. The Kier molecular flexibility index (Phi) is 19.0. The monoisotopic (exact) mass is 446 g/mol. The predicted molar refractivity (Wildman–Crippen MR) is 144 cm³/mol. The smallest absolute Gasteiger partial charge is 0.111 e. The summed E-state index contributed by atoms with van der Waals surface area (Å²) in [4.78, 5) is 4.86. The number of hydrogen-bond acceptors (Lipinski definition) is 1. The van der Waals surface area contributed by atoms with E-state index in [-0.39, 0.29) is 0 Å². The third kappa shape index (κ3) is 13.7. The lowest BCUT2D eigenvalue weighted by Crippen LogP contribution is -2.13. The van der Waals surface area contributed by atoms with Gasteiger partial charge in [-0.05, 0) is 26.2 Å². The van der Waals surface area contributed by atoms with E-state index in [9.17, 15) is 0 Å². The number of nitrogens with zero attached hydrogens (tertiary/aromatic N) is 2. The average Bonchev–Trinajstić information content (AvgIpc) is 3.29. The molecule has 188 valence electrons. The van der Waals surface area contributed by atoms with Gasteiger partial charge in [-0.3, -0.25) is 0 Å². The lowest BCUT2D eigenvalue weighted by Gasteiger charge is -2.22. The van der Waals surface area contributed by atoms with Crippen LogP contribution in [0.4, 0.5) is 0 Å². The maximum atomic E-state index is 4.86. The van der Waals surface area contributed by atoms with Crippen LogP contribution < -0.4 is 0 Å². The standard InChI is InChI=1S/C30H58N2/c1-5-8-10-12-14-16-17-19-21-24-28(4)32-27-26-31-30(32)29(23-7-3)25-22-20-18-15-13-11-9-6-2/h26-29H,5-25H2,1-4H3. The molecule has 2 atom stereocenters. The topological polar surface area (TPSA) is 17.8 Å². The molecule has 2 unspecified atom stereocenters. The van der Waals surface area contributed by atoms with Crippen molar-refractivity contribution in [2.24, 2.45) is 0 Å². The van der Waals surface area contributed by atoms with Gasteiger partial charge in [0, 0.05) is 24.4 Å². The van der Waals surface area contributed by atoms with E-state index in [1.54, 1.807) is 0 Å². The van der Waals surface area contributed by atoms with Gasteiger partial charge in [-0.1, -0.05) is 136 Å². The highest BCUT2D eigenvalue weighted by Crippen LogP contribution is 2.29. The van der Waals surface area contributed by atoms with Crippen LogP contribution >= 0.6 is 0 Å². The molecule has 0 saturated heterocycles. The Balaban J connectivity index is 2.30. The average molecular weight is 447 g/mol. The van der Waals surface area contributed by atoms with Crippen molar-refractivity contribution in [3.8, 4) is 0 Å². The van der Waals surface area contributed by atoms with Crippen molar-refractivity contribution in [1.29, 1.82) is 0 Å². The number of hydrogen-bond donors (Lipinski definition) is 0. The van der Waals surface area contributed by atoms with Crippen LogP contribution in [0.5, 0.6) is 0 Å². The van der Waals surface area contributed by atoms with Crippen LogP contribution in [-0.4, -0.2) is 9.55 Å². The Morgan fingerprint density at radius 3 is 1.56 bits per heavy atom. The Labute approximate surface area is 202 Å². The lowest BCUT2D eigenvalue weighted by atomic mass is 9.94. The Hall–Kier alpha value is -0.790. The van der Waals surface area contributed by atoms with Crippen molar-refractivity contribution in [2.75, 3.05) is 0 Å². The molecule has 0 aliphatic heterocycles. The first-order valence-corrected chi connectivity index (χ1v) is 14.8. The first kappa shape index (κ1) is 29.2. The van der Waals surface area contributed by atoms with Gasteiger partial charge < -0.3 is 4.57 Å². The highest BCUT2D eigenvalue weighted by molar-refractivity contribution is 5.02. The van der Waals surface area contributed by atoms with Gasteiger partial charge >= 0.3 is 0 Å². The maximum absolute atomic E-state index is 4.86. The molecule has 2 heteroatoms. The van der Waals surface area contributed by atoms with Crippen LogP contribution in [0.25, 0.3) is 0 Å². The number of imidazole rings is 1. The van der Waals surface area contributed by atoms with E-state index in [0.717, 1.165) is 0 Å². The molecule has 2 nitrogen and oxygen atoms in total. The highest BCUT2D eigenvalue weighted by atomic mass is 15.1. The largest absolute Gasteiger partial charge is 0.332 e. The summed E-state index contributed by atoms with van der Waals surface area (Å²) in [6.45, 7) is 9.35. The van der Waals surface area contributed by atoms with Crippen LogP contribution in [0.3, 0.4) is 0 Å². The molecule has 0 spiro atoms. The van der Waals surface area contributed by atoms with Gasteiger partial charge in [-0.2, -0.15) is 0 Å². The molecule has 1 heterocycles. The second-order valence-electron chi connectivity index (χ2n) is 10.4. The summed E-state index contributed by atoms with van der Waals surface area (Å²) in [5.41, 5.74) is 0. The molecule has 0 amide bonds. The van der Waals surface area contributed by atoms with E-state index in [2.05, 4.69) is 44.7 Å². The zero-order chi connectivity index (χ0) is 23.3. The second-order valence-corrected chi connectivity index (χ2v) is 10.4. The molecule has 0 aliphatic carbocycles. The molecule has 0 aromatic carbocycles. The van der Waals surface area contributed by atoms with Crippen molar-refractivity contribution in [3.05, 3.63) is 18.2 Å². The Morgan fingerprint density at radius 2 is 1.06 bits per heavy atom. The minimum Gasteiger partial charge on any atom is -0.332 e. The van der Waals surface area contributed by atoms with E-state index in [1.165, 1.54) is 141 Å². The quantitative estimate of drug-likeness (QED) is 0.153. The fourth-order valence-corrected chi connectivity index (χ4v) is 5.18. The maximum Gasteiger partial charge on any atom is 0.111 e. The van der Waals surface area contributed by atoms with Gasteiger partial charge in [0.05, 0.1) is 0 Å². The molecule has 0 fully saturated rings. The minimum absolute atomic E-state index is 0.593. The molecule has 0 N–H and O–H groups in total. The van der Waals surface area contributed by atoms with Crippen LogP contribution in [0, 0.1) is 0 Å². The van der Waals surface area contributed by atoms with Gasteiger partial charge in [0.1, 0.15) is 5.82 Å². The van der Waals surface area contributed by atoms with E-state index in [4.69, 9.17) is 4.98 Å². The van der Waals surface area contributed by atoms with Crippen molar-refractivity contribution < 1.29 is 0 Å². The van der Waals surface area contributed by atoms with Crippen molar-refractivity contribution in [1.82, 2.24) is 9.55 Å². The molecule has 1 aromatic heterocycles. The summed E-state index contributed by atoms with van der Waals surface area (Å²) >= 11 is 0. The van der Waals surface area contributed by atoms with Gasteiger partial charge in [0.25, 0.3) is 0 Å². The second kappa shape index (κ2) is 20.8. The fraction of sp³-hybridized carbons (Fsp3) is 0.900. The van der Waals surface area contributed by atoms with E-state index >= 15 is 0 Å². The molecule has 32 heavy (non-hydrogen) atoms. The third-order valence-electron chi connectivity index (χ3n) is 7.31. The normalized spacial score (nSPS) is 13.5. The summed E-state index contributed by atoms with van der Waals surface area (Å²) in [7, 11) is 0. The van der Waals surface area contributed by atoms with Gasteiger partial charge in [-0.25, -0.2) is 4.98 Å². The minimum atomic E-state index is 0.593. The zero-order valence-corrected chi connectivity index (χ0v) is 22.6. The molecule has 0 saturated carbocycles. The molecular formula is C30H58N2. The molecule has 0 radical (unpaired) electrons. The van der Waals surface area contributed by atoms with Gasteiger partial charge in [0.2, 0.25) is 0 Å². The lowest BCUT2D eigenvalue weighted by molar-refractivity contribution is 0.419. The van der Waals surface area contributed by atoms with Crippen LogP contribution in [0.15, 0.2) is 12.4 Å². The van der Waals surface area contributed by atoms with Crippen LogP contribution in [-0.2, 0) is 0 Å². The summed E-state index contributed by atoms with van der Waals surface area (Å²) in [6, 6.07) is 0.593. The summed E-state index contributed by atoms with van der Waals surface area (Å²) in [5.74, 6) is 2.03. The molecular weight excluding hydrogens is 388 g/mol. The Bertz CT molecular complexity index is 507. The number of aromatic nitrogens is 2. The number of unbranched alkanes of at least 4 members (excludes halogenated alkanes) is 15. The first-order valence-electron chi connectivity index (χ1n) is 14.8. The van der Waals surface area contributed by atoms with Crippen molar-refractivity contribution in [2.45, 2.75) is 174 Å². The van der Waals surface area contributed by atoms with E-state index in [0.29, 0.717) is 12.0 Å². The van der Waals surface area contributed by atoms with Gasteiger partial charge in [0.15, 0.2) is 0 Å². The summed E-state index contributed by atoms with van der Waals surface area (Å²) in [5, 5.41) is 0. The molecule has 0 aliphatic rings. The third-order valence-corrected chi connectivity index (χ3v) is 7.31. The molecule has 0 bridgehead atoms. The van der Waals surface area contributed by atoms with Crippen LogP contribution in [0.2, 0.25) is 0 Å². The Morgan fingerprint density at radius 1 is 0.594 bits per heavy atom. The predicted octanol–water partition coefficient (Wildman–Crippen LogP) is 10.8. The van der Waals surface area contributed by atoms with E-state index < -0.39 is 0 Å².